The summed E-state index contributed by atoms with van der Waals surface area (Å²) in [5, 5.41) is 3.53. The third kappa shape index (κ3) is 5.35. The van der Waals surface area contributed by atoms with E-state index in [2.05, 4.69) is 10.2 Å². The standard InChI is InChI=1S/C32H32Cl2FN3O4S/c1-19(39)37(22-9-11-24(12-10-22)43(2,41)42)15-14-23-17-27(25-4-3-5-28(34)30(25)35)32(38(23)18-20-6-7-20)26-13-8-21(33)16-29(26)36-31(32)40/h3-5,8-13,16,20,23,27H,6-7,14-15,17-18H2,1-2H3,(H,36,40)/t23-,27+,32+/m0/s1. The first-order valence-electron chi connectivity index (χ1n) is 14.3. The van der Waals surface area contributed by atoms with Crippen molar-refractivity contribution in [2.45, 2.75) is 55.0 Å². The number of rotatable bonds is 8. The molecule has 0 bridgehead atoms. The van der Waals surface area contributed by atoms with Gasteiger partial charge in [-0.1, -0.05) is 41.4 Å². The number of likely N-dealkylation sites (tertiary alicyclic amines) is 1. The predicted molar refractivity (Wildman–Crippen MR) is 166 cm³/mol. The first-order valence-corrected chi connectivity index (χ1v) is 17.0. The van der Waals surface area contributed by atoms with Crippen LogP contribution in [-0.2, 0) is 25.0 Å². The molecule has 2 aliphatic heterocycles. The molecule has 0 radical (unpaired) electrons. The highest BCUT2D eigenvalue weighted by atomic mass is 35.5. The highest BCUT2D eigenvalue weighted by Crippen LogP contribution is 2.59. The van der Waals surface area contributed by atoms with Crippen LogP contribution >= 0.6 is 23.2 Å². The van der Waals surface area contributed by atoms with E-state index in [1.165, 1.54) is 25.1 Å². The van der Waals surface area contributed by atoms with Crippen molar-refractivity contribution in [3.8, 4) is 0 Å². The lowest BCUT2D eigenvalue weighted by Gasteiger charge is -2.40. The van der Waals surface area contributed by atoms with Crippen LogP contribution in [0.1, 0.15) is 49.7 Å². The Kier molecular flexibility index (Phi) is 7.82. The maximum atomic E-state index is 15.7. The zero-order valence-electron chi connectivity index (χ0n) is 23.8. The molecule has 3 atom stereocenters. The highest BCUT2D eigenvalue weighted by Gasteiger charge is 2.63. The number of carbonyl (C=O) groups is 2. The van der Waals surface area contributed by atoms with Gasteiger partial charge in [-0.2, -0.15) is 0 Å². The summed E-state index contributed by atoms with van der Waals surface area (Å²) in [6, 6.07) is 16.3. The van der Waals surface area contributed by atoms with Gasteiger partial charge in [0.25, 0.3) is 0 Å². The molecule has 226 valence electrons. The van der Waals surface area contributed by atoms with Gasteiger partial charge in [0, 0.05) is 60.2 Å². The SMILES string of the molecule is CC(=O)N(CC[C@H]1C[C@H](c2cccc(Cl)c2F)[C@]2(C(=O)Nc3cc(Cl)ccc32)N1CC1CC1)c1ccc(S(C)(=O)=O)cc1. The van der Waals surface area contributed by atoms with E-state index in [0.29, 0.717) is 53.8 Å². The summed E-state index contributed by atoms with van der Waals surface area (Å²) in [6.45, 7) is 2.45. The van der Waals surface area contributed by atoms with Crippen molar-refractivity contribution < 1.29 is 22.4 Å². The molecule has 1 aliphatic carbocycles. The summed E-state index contributed by atoms with van der Waals surface area (Å²) in [5.74, 6) is -1.08. The molecule has 43 heavy (non-hydrogen) atoms. The van der Waals surface area contributed by atoms with Crippen molar-refractivity contribution in [1.82, 2.24) is 4.90 Å². The second kappa shape index (κ2) is 11.2. The Morgan fingerprint density at radius 1 is 1.12 bits per heavy atom. The molecule has 2 fully saturated rings. The van der Waals surface area contributed by atoms with Crippen molar-refractivity contribution in [2.75, 3.05) is 29.6 Å². The molecule has 0 unspecified atom stereocenters. The molecule has 7 nitrogen and oxygen atoms in total. The minimum atomic E-state index is -3.38. The third-order valence-corrected chi connectivity index (χ3v) is 10.7. The number of halogens is 3. The number of hydrogen-bond donors (Lipinski definition) is 1. The zero-order valence-corrected chi connectivity index (χ0v) is 26.1. The predicted octanol–water partition coefficient (Wildman–Crippen LogP) is 6.39. The van der Waals surface area contributed by atoms with Crippen LogP contribution in [0, 0.1) is 11.7 Å². The van der Waals surface area contributed by atoms with Gasteiger partial charge in [-0.15, -0.1) is 0 Å². The Morgan fingerprint density at radius 3 is 2.49 bits per heavy atom. The quantitative estimate of drug-likeness (QED) is 0.307. The number of sulfone groups is 1. The van der Waals surface area contributed by atoms with Gasteiger partial charge in [0.15, 0.2) is 9.84 Å². The molecule has 2 heterocycles. The van der Waals surface area contributed by atoms with Gasteiger partial charge in [0.2, 0.25) is 11.8 Å². The number of nitrogens with zero attached hydrogens (tertiary/aromatic N) is 2. The van der Waals surface area contributed by atoms with Crippen molar-refractivity contribution in [1.29, 1.82) is 0 Å². The van der Waals surface area contributed by atoms with E-state index < -0.39 is 27.1 Å². The van der Waals surface area contributed by atoms with Gasteiger partial charge in [0.1, 0.15) is 11.4 Å². The van der Waals surface area contributed by atoms with E-state index in [9.17, 15) is 18.0 Å². The van der Waals surface area contributed by atoms with E-state index in [0.717, 1.165) is 24.7 Å². The first kappa shape index (κ1) is 30.1. The van der Waals surface area contributed by atoms with E-state index >= 15 is 4.39 Å². The fraction of sp³-hybridized carbons (Fsp3) is 0.375. The summed E-state index contributed by atoms with van der Waals surface area (Å²) in [6.07, 6.45) is 4.22. The molecule has 1 saturated heterocycles. The Hall–Kier alpha value is -2.98. The van der Waals surface area contributed by atoms with E-state index in [1.807, 2.05) is 6.07 Å². The zero-order chi connectivity index (χ0) is 30.7. The third-order valence-electron chi connectivity index (χ3n) is 9.04. The highest BCUT2D eigenvalue weighted by molar-refractivity contribution is 7.90. The fourth-order valence-corrected chi connectivity index (χ4v) is 7.87. The van der Waals surface area contributed by atoms with Crippen molar-refractivity contribution in [3.63, 3.8) is 0 Å². The molecule has 1 spiro atoms. The average Bonchev–Trinajstić information content (AvgIpc) is 3.65. The second-order valence-electron chi connectivity index (χ2n) is 11.8. The van der Waals surface area contributed by atoms with E-state index in [-0.39, 0.29) is 27.8 Å². The average molecular weight is 645 g/mol. The van der Waals surface area contributed by atoms with Crippen LogP contribution in [0.5, 0.6) is 0 Å². The molecule has 3 aromatic rings. The summed E-state index contributed by atoms with van der Waals surface area (Å²) >= 11 is 12.6. The number of fused-ring (bicyclic) bond motifs is 2. The Morgan fingerprint density at radius 2 is 1.84 bits per heavy atom. The van der Waals surface area contributed by atoms with Crippen LogP contribution in [0.3, 0.4) is 0 Å². The first-order chi connectivity index (χ1) is 20.4. The van der Waals surface area contributed by atoms with Crippen LogP contribution < -0.4 is 10.2 Å². The fourth-order valence-electron chi connectivity index (χ4n) is 6.89. The second-order valence-corrected chi connectivity index (χ2v) is 14.7. The lowest BCUT2D eigenvalue weighted by atomic mass is 9.75. The van der Waals surface area contributed by atoms with Crippen molar-refractivity contribution >= 4 is 56.2 Å². The van der Waals surface area contributed by atoms with Crippen molar-refractivity contribution in [2.24, 2.45) is 5.92 Å². The molecule has 0 aromatic heterocycles. The number of amides is 2. The largest absolute Gasteiger partial charge is 0.324 e. The minimum Gasteiger partial charge on any atom is -0.324 e. The summed E-state index contributed by atoms with van der Waals surface area (Å²) in [4.78, 5) is 31.1. The van der Waals surface area contributed by atoms with E-state index in [1.54, 1.807) is 41.3 Å². The molecule has 2 amide bonds. The van der Waals surface area contributed by atoms with Crippen LogP contribution in [0.15, 0.2) is 65.6 Å². The number of anilines is 2. The molecule has 6 rings (SSSR count). The molecule has 3 aromatic carbocycles. The maximum absolute atomic E-state index is 15.7. The summed E-state index contributed by atoms with van der Waals surface area (Å²) < 4.78 is 39.7. The Labute approximate surface area is 260 Å². The van der Waals surface area contributed by atoms with Crippen molar-refractivity contribution in [3.05, 3.63) is 87.7 Å². The van der Waals surface area contributed by atoms with Gasteiger partial charge >= 0.3 is 0 Å². The number of benzene rings is 3. The lowest BCUT2D eigenvalue weighted by Crippen LogP contribution is -2.53. The number of hydrogen-bond acceptors (Lipinski definition) is 5. The molecule has 3 aliphatic rings. The van der Waals surface area contributed by atoms with Crippen LogP contribution in [0.25, 0.3) is 0 Å². The Balaban J connectivity index is 1.41. The summed E-state index contributed by atoms with van der Waals surface area (Å²) in [7, 11) is -3.38. The lowest BCUT2D eigenvalue weighted by molar-refractivity contribution is -0.128. The van der Waals surface area contributed by atoms with Crippen LogP contribution in [0.4, 0.5) is 15.8 Å². The monoisotopic (exact) mass is 643 g/mol. The molecular formula is C32H32Cl2FN3O4S. The van der Waals surface area contributed by atoms with Gasteiger partial charge in [-0.05, 0) is 79.6 Å². The van der Waals surface area contributed by atoms with Gasteiger partial charge in [-0.25, -0.2) is 12.8 Å². The number of nitrogens with one attached hydrogen (secondary N) is 1. The number of carbonyl (C=O) groups excluding carboxylic acids is 2. The van der Waals surface area contributed by atoms with Gasteiger partial charge < -0.3 is 10.2 Å². The molecule has 1 saturated carbocycles. The van der Waals surface area contributed by atoms with E-state index in [4.69, 9.17) is 23.2 Å². The van der Waals surface area contributed by atoms with Gasteiger partial charge in [0.05, 0.1) is 9.92 Å². The normalized spacial score (nSPS) is 23.4. The minimum absolute atomic E-state index is 0.000118. The Bertz CT molecular complexity index is 1710. The topological polar surface area (TPSA) is 86.8 Å². The van der Waals surface area contributed by atoms with Crippen LogP contribution in [-0.4, -0.2) is 50.5 Å². The summed E-state index contributed by atoms with van der Waals surface area (Å²) in [5.41, 5.74) is 1.15. The van der Waals surface area contributed by atoms with Crippen LogP contribution in [0.2, 0.25) is 10.0 Å². The molecule has 1 N–H and O–H groups in total. The molecular weight excluding hydrogens is 612 g/mol. The maximum Gasteiger partial charge on any atom is 0.250 e. The smallest absolute Gasteiger partial charge is 0.250 e. The molecule has 11 heteroatoms. The van der Waals surface area contributed by atoms with Gasteiger partial charge in [-0.3, -0.25) is 14.5 Å².